The zero-order valence-electron chi connectivity index (χ0n) is 28.3. The highest BCUT2D eigenvalue weighted by Crippen LogP contribution is 2.24. The quantitative estimate of drug-likeness (QED) is 0.151. The second kappa shape index (κ2) is 17.5. The fraction of sp³-hybridized carbons (Fsp3) is 0.441. The van der Waals surface area contributed by atoms with Crippen molar-refractivity contribution in [2.75, 3.05) is 31.1 Å². The van der Waals surface area contributed by atoms with Crippen molar-refractivity contribution in [2.45, 2.75) is 65.2 Å². The van der Waals surface area contributed by atoms with E-state index in [0.29, 0.717) is 18.7 Å². The molecule has 5 amide bonds. The molecule has 3 heterocycles. The normalized spacial score (nSPS) is 15.1. The summed E-state index contributed by atoms with van der Waals surface area (Å²) in [5.41, 5.74) is 3.94. The number of likely N-dealkylation sites (N-methyl/N-ethyl adjacent to an activating group) is 1. The standard InChI is InChI=1S/C34H44N8O6S/c1-6-36-33(46)29(20(2)3)41-30(43)22(5)37-17-26(15-27-18-49-19-38-27)40-32(45)25-12-24(13-28(14-25)42-10-11-48-34(42)47)31(44)39-21(4)23-8-7-9-35-16-23/h7-9,12-14,16,18-22,26,29,37H,6,10-11,15,17H2,1-5H3,(H,36,46)(H,39,44)(H,40,45)(H,41,43)/t21?,22-,26-,29-/m0/s1. The molecule has 1 saturated heterocycles. The highest BCUT2D eigenvalue weighted by atomic mass is 32.1. The van der Waals surface area contributed by atoms with Crippen LogP contribution < -0.4 is 31.5 Å². The van der Waals surface area contributed by atoms with E-state index in [-0.39, 0.29) is 54.6 Å². The Balaban J connectivity index is 1.52. The monoisotopic (exact) mass is 692 g/mol. The van der Waals surface area contributed by atoms with E-state index in [0.717, 1.165) is 11.3 Å². The Hall–Kier alpha value is -4.89. The molecule has 0 radical (unpaired) electrons. The number of thiazole rings is 1. The van der Waals surface area contributed by atoms with Crippen molar-refractivity contribution >= 4 is 46.7 Å². The molecule has 14 nitrogen and oxygen atoms in total. The number of cyclic esters (lactones) is 1. The van der Waals surface area contributed by atoms with Gasteiger partial charge in [0.1, 0.15) is 12.6 Å². The zero-order valence-corrected chi connectivity index (χ0v) is 29.1. The maximum atomic E-state index is 13.8. The fourth-order valence-corrected chi connectivity index (χ4v) is 5.77. The first-order chi connectivity index (χ1) is 23.5. The molecule has 5 N–H and O–H groups in total. The maximum absolute atomic E-state index is 13.8. The first-order valence-corrected chi connectivity index (χ1v) is 17.2. The number of hydrogen-bond acceptors (Lipinski definition) is 10. The number of aromatic nitrogens is 2. The second-order valence-corrected chi connectivity index (χ2v) is 12.8. The Morgan fingerprint density at radius 3 is 2.33 bits per heavy atom. The first kappa shape index (κ1) is 36.9. The van der Waals surface area contributed by atoms with Gasteiger partial charge in [-0.1, -0.05) is 19.9 Å². The van der Waals surface area contributed by atoms with Gasteiger partial charge in [-0.2, -0.15) is 0 Å². The van der Waals surface area contributed by atoms with Gasteiger partial charge in [0.2, 0.25) is 11.8 Å². The van der Waals surface area contributed by atoms with Gasteiger partial charge in [-0.25, -0.2) is 9.78 Å². The highest BCUT2D eigenvalue weighted by Gasteiger charge is 2.28. The number of anilines is 1. The molecular weight excluding hydrogens is 648 g/mol. The molecule has 0 saturated carbocycles. The lowest BCUT2D eigenvalue weighted by Crippen LogP contribution is -2.55. The van der Waals surface area contributed by atoms with Gasteiger partial charge in [0, 0.05) is 60.1 Å². The fourth-order valence-electron chi connectivity index (χ4n) is 5.20. The molecule has 262 valence electrons. The van der Waals surface area contributed by atoms with E-state index in [1.54, 1.807) is 43.0 Å². The molecule has 3 aromatic rings. The Morgan fingerprint density at radius 1 is 1.00 bits per heavy atom. The summed E-state index contributed by atoms with van der Waals surface area (Å²) in [5, 5.41) is 16.6. The number of carbonyl (C=O) groups is 5. The van der Waals surface area contributed by atoms with Gasteiger partial charge in [0.25, 0.3) is 11.8 Å². The van der Waals surface area contributed by atoms with Gasteiger partial charge < -0.3 is 31.3 Å². The minimum absolute atomic E-state index is 0.122. The molecule has 49 heavy (non-hydrogen) atoms. The summed E-state index contributed by atoms with van der Waals surface area (Å²) in [6.45, 7) is 10.1. The van der Waals surface area contributed by atoms with Crippen LogP contribution in [0.25, 0.3) is 0 Å². The number of amides is 5. The van der Waals surface area contributed by atoms with Crippen molar-refractivity contribution in [1.82, 2.24) is 36.6 Å². The van der Waals surface area contributed by atoms with Crippen LogP contribution >= 0.6 is 11.3 Å². The third-order valence-corrected chi connectivity index (χ3v) is 8.62. The van der Waals surface area contributed by atoms with Crippen LogP contribution in [0.15, 0.2) is 53.6 Å². The SMILES string of the molecule is CCNC(=O)[C@@H](NC(=O)[C@H](C)NC[C@H](Cc1cscn1)NC(=O)c1cc(C(=O)NC(C)c2cccnc2)cc(N2CCOC2=O)c1)C(C)C. The minimum atomic E-state index is -0.693. The average molecular weight is 693 g/mol. The number of rotatable bonds is 16. The molecule has 0 aliphatic carbocycles. The lowest BCUT2D eigenvalue weighted by atomic mass is 10.0. The molecule has 1 fully saturated rings. The van der Waals surface area contributed by atoms with Crippen LogP contribution in [-0.4, -0.2) is 84.1 Å². The van der Waals surface area contributed by atoms with Crippen LogP contribution in [-0.2, 0) is 20.7 Å². The zero-order chi connectivity index (χ0) is 35.5. The molecular formula is C34H44N8O6S. The van der Waals surface area contributed by atoms with Crippen molar-refractivity contribution in [3.63, 3.8) is 0 Å². The van der Waals surface area contributed by atoms with Gasteiger partial charge in [-0.05, 0) is 56.5 Å². The molecule has 15 heteroatoms. The molecule has 1 aromatic carbocycles. The van der Waals surface area contributed by atoms with Gasteiger partial charge >= 0.3 is 6.09 Å². The summed E-state index contributed by atoms with van der Waals surface area (Å²) < 4.78 is 5.11. The first-order valence-electron chi connectivity index (χ1n) is 16.3. The van der Waals surface area contributed by atoms with Crippen LogP contribution in [0.4, 0.5) is 10.5 Å². The van der Waals surface area contributed by atoms with Gasteiger partial charge in [-0.3, -0.25) is 29.1 Å². The Morgan fingerprint density at radius 2 is 1.73 bits per heavy atom. The van der Waals surface area contributed by atoms with E-state index in [2.05, 4.69) is 36.6 Å². The van der Waals surface area contributed by atoms with Crippen LogP contribution in [0.5, 0.6) is 0 Å². The van der Waals surface area contributed by atoms with E-state index >= 15 is 0 Å². The molecule has 1 aliphatic heterocycles. The van der Waals surface area contributed by atoms with E-state index in [1.807, 2.05) is 39.1 Å². The molecule has 2 aromatic heterocycles. The number of pyridine rings is 1. The Bertz CT molecular complexity index is 1600. The van der Waals surface area contributed by atoms with Gasteiger partial charge in [-0.15, -0.1) is 11.3 Å². The van der Waals surface area contributed by atoms with Crippen LogP contribution in [0.2, 0.25) is 0 Å². The molecule has 1 aliphatic rings. The van der Waals surface area contributed by atoms with E-state index in [9.17, 15) is 24.0 Å². The Labute approximate surface area is 289 Å². The Kier molecular flexibility index (Phi) is 13.2. The smallest absolute Gasteiger partial charge is 0.414 e. The third-order valence-electron chi connectivity index (χ3n) is 7.98. The van der Waals surface area contributed by atoms with Crippen molar-refractivity contribution in [3.8, 4) is 0 Å². The largest absolute Gasteiger partial charge is 0.447 e. The third kappa shape index (κ3) is 10.3. The summed E-state index contributed by atoms with van der Waals surface area (Å²) in [7, 11) is 0. The van der Waals surface area contributed by atoms with Gasteiger partial charge in [0.15, 0.2) is 0 Å². The van der Waals surface area contributed by atoms with Crippen LogP contribution in [0.1, 0.15) is 72.6 Å². The van der Waals surface area contributed by atoms with E-state index < -0.39 is 36.0 Å². The van der Waals surface area contributed by atoms with Crippen molar-refractivity contribution < 1.29 is 28.7 Å². The molecule has 4 rings (SSSR count). The predicted octanol–water partition coefficient (Wildman–Crippen LogP) is 2.58. The predicted molar refractivity (Wildman–Crippen MR) is 185 cm³/mol. The average Bonchev–Trinajstić information content (AvgIpc) is 3.77. The van der Waals surface area contributed by atoms with Crippen molar-refractivity contribution in [1.29, 1.82) is 0 Å². The lowest BCUT2D eigenvalue weighted by Gasteiger charge is -2.25. The number of nitrogens with zero attached hydrogens (tertiary/aromatic N) is 3. The maximum Gasteiger partial charge on any atom is 0.414 e. The number of ether oxygens (including phenoxy) is 1. The summed E-state index contributed by atoms with van der Waals surface area (Å²) in [6, 6.07) is 5.92. The highest BCUT2D eigenvalue weighted by molar-refractivity contribution is 7.07. The molecule has 0 bridgehead atoms. The number of nitrogens with one attached hydrogen (secondary N) is 5. The van der Waals surface area contributed by atoms with E-state index in [4.69, 9.17) is 4.74 Å². The van der Waals surface area contributed by atoms with Gasteiger partial charge in [0.05, 0.1) is 29.8 Å². The molecule has 1 unspecified atom stereocenters. The summed E-state index contributed by atoms with van der Waals surface area (Å²) >= 11 is 1.42. The van der Waals surface area contributed by atoms with Crippen LogP contribution in [0, 0.1) is 5.92 Å². The molecule has 0 spiro atoms. The number of benzene rings is 1. The van der Waals surface area contributed by atoms with E-state index in [1.165, 1.54) is 22.3 Å². The summed E-state index contributed by atoms with van der Waals surface area (Å²) in [5.74, 6) is -1.66. The summed E-state index contributed by atoms with van der Waals surface area (Å²) in [6.07, 6.45) is 3.09. The molecule has 4 atom stereocenters. The number of hydrogen-bond donors (Lipinski definition) is 5. The topological polar surface area (TPSA) is 184 Å². The minimum Gasteiger partial charge on any atom is -0.447 e. The summed E-state index contributed by atoms with van der Waals surface area (Å²) in [4.78, 5) is 75.1. The van der Waals surface area contributed by atoms with Crippen molar-refractivity contribution in [3.05, 3.63) is 76.0 Å². The number of carbonyl (C=O) groups excluding carboxylic acids is 5. The lowest BCUT2D eigenvalue weighted by molar-refractivity contribution is -0.130. The second-order valence-electron chi connectivity index (χ2n) is 12.1. The van der Waals surface area contributed by atoms with Crippen LogP contribution in [0.3, 0.4) is 0 Å². The van der Waals surface area contributed by atoms with Crippen molar-refractivity contribution in [2.24, 2.45) is 5.92 Å².